The Morgan fingerprint density at radius 1 is 1.13 bits per heavy atom. The summed E-state index contributed by atoms with van der Waals surface area (Å²) in [7, 11) is 0. The van der Waals surface area contributed by atoms with E-state index >= 15 is 0 Å². The first-order chi connectivity index (χ1) is 18.8. The summed E-state index contributed by atoms with van der Waals surface area (Å²) in [5, 5.41) is 9.51. The Hall–Kier alpha value is -3.62. The van der Waals surface area contributed by atoms with Gasteiger partial charge in [0.2, 0.25) is 5.91 Å². The highest BCUT2D eigenvalue weighted by molar-refractivity contribution is 7.10. The molecule has 39 heavy (non-hydrogen) atoms. The second-order valence-electron chi connectivity index (χ2n) is 9.09. The van der Waals surface area contributed by atoms with Crippen molar-refractivity contribution in [2.75, 3.05) is 6.61 Å². The number of carbonyl (C=O) groups is 2. The molecule has 0 saturated heterocycles. The summed E-state index contributed by atoms with van der Waals surface area (Å²) in [6.45, 7) is 10.2. The molecule has 2 aromatic carbocycles. The van der Waals surface area contributed by atoms with E-state index in [2.05, 4.69) is 22.4 Å². The van der Waals surface area contributed by atoms with E-state index in [9.17, 15) is 9.59 Å². The highest BCUT2D eigenvalue weighted by Gasteiger charge is 2.24. The normalized spacial score (nSPS) is 11.8. The van der Waals surface area contributed by atoms with Crippen molar-refractivity contribution in [3.63, 3.8) is 0 Å². The van der Waals surface area contributed by atoms with Crippen LogP contribution in [0.4, 0.5) is 0 Å². The van der Waals surface area contributed by atoms with Crippen molar-refractivity contribution in [3.05, 3.63) is 93.2 Å². The quantitative estimate of drug-likeness (QED) is 0.143. The fraction of sp³-hybridized carbons (Fsp3) is 0.300. The minimum atomic E-state index is -0.717. The second kappa shape index (κ2) is 15.1. The molecule has 3 rings (SSSR count). The number of hydrazone groups is 1. The highest BCUT2D eigenvalue weighted by Crippen LogP contribution is 2.34. The molecule has 9 heteroatoms. The van der Waals surface area contributed by atoms with Gasteiger partial charge in [0.05, 0.1) is 19.2 Å². The number of halogens is 1. The Labute approximate surface area is 238 Å². The molecule has 0 aliphatic rings. The molecule has 0 spiro atoms. The molecule has 0 radical (unpaired) electrons. The average molecular weight is 568 g/mol. The summed E-state index contributed by atoms with van der Waals surface area (Å²) in [5.74, 6) is 0.435. The predicted molar refractivity (Wildman–Crippen MR) is 158 cm³/mol. The Balaban J connectivity index is 1.73. The van der Waals surface area contributed by atoms with E-state index in [1.165, 1.54) is 17.6 Å². The SMILES string of the molecule is C=CCc1cc(C=NNC(=O)[C@H](NC(=O)Cc2cccs2)C(C)C)cc(OCC)c1OCc1ccccc1Cl. The van der Waals surface area contributed by atoms with Gasteiger partial charge in [-0.2, -0.15) is 5.10 Å². The van der Waals surface area contributed by atoms with Crippen LogP contribution >= 0.6 is 22.9 Å². The van der Waals surface area contributed by atoms with Gasteiger partial charge >= 0.3 is 0 Å². The number of rotatable bonds is 14. The van der Waals surface area contributed by atoms with Gasteiger partial charge in [0.1, 0.15) is 12.6 Å². The summed E-state index contributed by atoms with van der Waals surface area (Å²) >= 11 is 7.80. The number of amides is 2. The number of ether oxygens (including phenoxy) is 2. The number of allylic oxidation sites excluding steroid dienone is 1. The summed E-state index contributed by atoms with van der Waals surface area (Å²) in [6, 6.07) is 14.3. The third-order valence-electron chi connectivity index (χ3n) is 5.72. The van der Waals surface area contributed by atoms with Gasteiger partial charge < -0.3 is 14.8 Å². The number of hydrogen-bond donors (Lipinski definition) is 2. The van der Waals surface area contributed by atoms with Crippen molar-refractivity contribution in [2.45, 2.75) is 46.3 Å². The summed E-state index contributed by atoms with van der Waals surface area (Å²) < 4.78 is 12.0. The number of nitrogens with zero attached hydrogens (tertiary/aromatic N) is 1. The van der Waals surface area contributed by atoms with Gasteiger partial charge in [-0.1, -0.05) is 55.8 Å². The van der Waals surface area contributed by atoms with Crippen LogP contribution in [0.25, 0.3) is 0 Å². The molecule has 2 N–H and O–H groups in total. The number of thiophene rings is 1. The van der Waals surface area contributed by atoms with E-state index in [0.29, 0.717) is 35.1 Å². The zero-order chi connectivity index (χ0) is 28.2. The number of hydrogen-bond acceptors (Lipinski definition) is 6. The third kappa shape index (κ3) is 8.97. The molecule has 206 valence electrons. The molecule has 0 bridgehead atoms. The van der Waals surface area contributed by atoms with Crippen LogP contribution in [0.2, 0.25) is 5.02 Å². The summed E-state index contributed by atoms with van der Waals surface area (Å²) in [4.78, 5) is 26.2. The van der Waals surface area contributed by atoms with Crippen molar-refractivity contribution in [3.8, 4) is 11.5 Å². The van der Waals surface area contributed by atoms with Crippen LogP contribution in [0.3, 0.4) is 0 Å². The van der Waals surface area contributed by atoms with Gasteiger partial charge in [0.15, 0.2) is 11.5 Å². The van der Waals surface area contributed by atoms with Gasteiger partial charge in [-0.25, -0.2) is 5.43 Å². The topological polar surface area (TPSA) is 89.0 Å². The fourth-order valence-corrected chi connectivity index (χ4v) is 4.72. The van der Waals surface area contributed by atoms with Crippen LogP contribution in [0, 0.1) is 5.92 Å². The van der Waals surface area contributed by atoms with Crippen LogP contribution in [-0.4, -0.2) is 30.7 Å². The molecule has 0 aliphatic carbocycles. The second-order valence-corrected chi connectivity index (χ2v) is 10.5. The van der Waals surface area contributed by atoms with Crippen molar-refractivity contribution in [1.29, 1.82) is 0 Å². The maximum atomic E-state index is 12.8. The van der Waals surface area contributed by atoms with E-state index < -0.39 is 11.9 Å². The monoisotopic (exact) mass is 567 g/mol. The Kier molecular flexibility index (Phi) is 11.6. The van der Waals surface area contributed by atoms with E-state index in [-0.39, 0.29) is 24.9 Å². The molecular formula is C30H34ClN3O4S. The van der Waals surface area contributed by atoms with Crippen LogP contribution in [0.1, 0.15) is 42.3 Å². The largest absolute Gasteiger partial charge is 0.490 e. The standard InChI is InChI=1S/C30H34ClN3O4S/c1-5-10-22-15-21(16-26(37-6-2)29(22)38-19-23-11-7-8-13-25(23)31)18-32-34-30(36)28(20(3)4)33-27(35)17-24-12-9-14-39-24/h5,7-9,11-16,18,20,28H,1,6,10,17,19H2,2-4H3,(H,33,35)(H,34,36)/t28-/m1/s1. The van der Waals surface area contributed by atoms with Crippen LogP contribution in [0.15, 0.2) is 71.7 Å². The minimum absolute atomic E-state index is 0.120. The molecule has 2 amide bonds. The maximum absolute atomic E-state index is 12.8. The number of carbonyl (C=O) groups excluding carboxylic acids is 2. The summed E-state index contributed by atoms with van der Waals surface area (Å²) in [5.41, 5.74) is 4.99. The van der Waals surface area contributed by atoms with Gasteiger partial charge in [-0.3, -0.25) is 9.59 Å². The van der Waals surface area contributed by atoms with Crippen LogP contribution < -0.4 is 20.2 Å². The lowest BCUT2D eigenvalue weighted by Crippen LogP contribution is -2.49. The first-order valence-electron chi connectivity index (χ1n) is 12.7. The smallest absolute Gasteiger partial charge is 0.262 e. The Bertz CT molecular complexity index is 1290. The molecule has 0 unspecified atom stereocenters. The lowest BCUT2D eigenvalue weighted by Gasteiger charge is -2.20. The molecular weight excluding hydrogens is 534 g/mol. The lowest BCUT2D eigenvalue weighted by molar-refractivity contribution is -0.129. The third-order valence-corrected chi connectivity index (χ3v) is 6.96. The van der Waals surface area contributed by atoms with E-state index in [1.807, 2.05) is 68.6 Å². The van der Waals surface area contributed by atoms with Crippen LogP contribution in [-0.2, 0) is 29.0 Å². The Morgan fingerprint density at radius 3 is 2.59 bits per heavy atom. The first kappa shape index (κ1) is 29.9. The zero-order valence-corrected chi connectivity index (χ0v) is 24.0. The van der Waals surface area contributed by atoms with Gasteiger partial charge in [-0.05, 0) is 54.5 Å². The van der Waals surface area contributed by atoms with E-state index in [0.717, 1.165) is 16.0 Å². The molecule has 1 aromatic heterocycles. The van der Waals surface area contributed by atoms with Crippen molar-refractivity contribution < 1.29 is 19.1 Å². The first-order valence-corrected chi connectivity index (χ1v) is 14.0. The summed E-state index contributed by atoms with van der Waals surface area (Å²) in [6.07, 6.45) is 4.09. The zero-order valence-electron chi connectivity index (χ0n) is 22.4. The van der Waals surface area contributed by atoms with Crippen LogP contribution in [0.5, 0.6) is 11.5 Å². The molecule has 3 aromatic rings. The Morgan fingerprint density at radius 2 is 1.92 bits per heavy atom. The molecule has 0 aliphatic heterocycles. The molecule has 0 fully saturated rings. The van der Waals surface area contributed by atoms with Gasteiger partial charge in [0.25, 0.3) is 5.91 Å². The van der Waals surface area contributed by atoms with E-state index in [4.69, 9.17) is 21.1 Å². The van der Waals surface area contributed by atoms with E-state index in [1.54, 1.807) is 12.1 Å². The van der Waals surface area contributed by atoms with Crippen molar-refractivity contribution in [2.24, 2.45) is 11.0 Å². The number of nitrogens with one attached hydrogen (secondary N) is 2. The van der Waals surface area contributed by atoms with Gasteiger partial charge in [0, 0.05) is 21.0 Å². The highest BCUT2D eigenvalue weighted by atomic mass is 35.5. The molecule has 1 heterocycles. The van der Waals surface area contributed by atoms with Crippen molar-refractivity contribution >= 4 is 41.0 Å². The van der Waals surface area contributed by atoms with Crippen molar-refractivity contribution in [1.82, 2.24) is 10.7 Å². The number of benzene rings is 2. The molecule has 0 saturated carbocycles. The minimum Gasteiger partial charge on any atom is -0.490 e. The lowest BCUT2D eigenvalue weighted by atomic mass is 10.0. The molecule has 1 atom stereocenters. The average Bonchev–Trinajstić information content (AvgIpc) is 3.41. The fourth-order valence-electron chi connectivity index (χ4n) is 3.83. The van der Waals surface area contributed by atoms with Gasteiger partial charge in [-0.15, -0.1) is 17.9 Å². The predicted octanol–water partition coefficient (Wildman–Crippen LogP) is 5.94. The maximum Gasteiger partial charge on any atom is 0.262 e. The molecule has 7 nitrogen and oxygen atoms in total.